The van der Waals surface area contributed by atoms with Crippen LogP contribution < -0.4 is 4.90 Å². The van der Waals surface area contributed by atoms with Crippen LogP contribution in [0.25, 0.3) is 5.76 Å². The van der Waals surface area contributed by atoms with Gasteiger partial charge in [-0.1, -0.05) is 51.0 Å². The Labute approximate surface area is 244 Å². The molecule has 3 aromatic carbocycles. The average Bonchev–Trinajstić information content (AvgIpc) is 3.52. The third-order valence-corrected chi connectivity index (χ3v) is 10.0. The van der Waals surface area contributed by atoms with Gasteiger partial charge in [-0.05, 0) is 54.1 Å². The number of halogens is 2. The van der Waals surface area contributed by atoms with Crippen LogP contribution in [-0.2, 0) is 19.4 Å². The summed E-state index contributed by atoms with van der Waals surface area (Å²) in [6.45, 7) is 0. The first kappa shape index (κ1) is 27.6. The summed E-state index contributed by atoms with van der Waals surface area (Å²) in [5.74, 6) is -2.42. The van der Waals surface area contributed by atoms with Gasteiger partial charge in [0.15, 0.2) is 5.13 Å². The highest BCUT2D eigenvalue weighted by molar-refractivity contribution is 9.10. The number of hydrogen-bond donors (Lipinski definition) is 1. The Morgan fingerprint density at radius 2 is 1.75 bits per heavy atom. The Kier molecular flexibility index (Phi) is 7.31. The van der Waals surface area contributed by atoms with Crippen molar-refractivity contribution in [1.82, 2.24) is 4.98 Å². The number of sulfone groups is 1. The number of aliphatic hydroxyl groups is 1. The SMILES string of the molecule is O=C1C(=O)N(c2ncc(S(=O)(=O)c3ccc([N+](=O)[O-])cc3)s2)[C@H](c2cccc(Br)c2)C1=C(O)c1ccc(Cl)cc1. The van der Waals surface area contributed by atoms with E-state index in [2.05, 4.69) is 20.9 Å². The summed E-state index contributed by atoms with van der Waals surface area (Å²) in [4.78, 5) is 41.9. The molecule has 0 radical (unpaired) electrons. The molecule has 1 saturated heterocycles. The highest BCUT2D eigenvalue weighted by Gasteiger charge is 2.48. The first-order valence-electron chi connectivity index (χ1n) is 11.3. The molecule has 202 valence electrons. The number of carbonyl (C=O) groups excluding carboxylic acids is 2. The number of benzene rings is 3. The fourth-order valence-electron chi connectivity index (χ4n) is 4.13. The number of Topliss-reactive ketones (excluding diaryl/α,β-unsaturated/α-hetero) is 1. The zero-order valence-corrected chi connectivity index (χ0v) is 23.9. The van der Waals surface area contributed by atoms with Gasteiger partial charge in [0.25, 0.3) is 11.5 Å². The zero-order chi connectivity index (χ0) is 28.8. The van der Waals surface area contributed by atoms with Crippen LogP contribution in [0, 0.1) is 10.1 Å². The third kappa shape index (κ3) is 4.92. The number of aliphatic hydroxyl groups excluding tert-OH is 1. The van der Waals surface area contributed by atoms with Crippen LogP contribution in [0.4, 0.5) is 10.8 Å². The number of non-ortho nitro benzene ring substituents is 1. The largest absolute Gasteiger partial charge is 0.507 e. The molecule has 5 rings (SSSR count). The van der Waals surface area contributed by atoms with E-state index in [1.807, 2.05) is 0 Å². The lowest BCUT2D eigenvalue weighted by molar-refractivity contribution is -0.384. The van der Waals surface area contributed by atoms with Crippen LogP contribution in [0.15, 0.2) is 98.1 Å². The fraction of sp³-hybridized carbons (Fsp3) is 0.0385. The van der Waals surface area contributed by atoms with Gasteiger partial charge in [0.2, 0.25) is 9.84 Å². The minimum Gasteiger partial charge on any atom is -0.507 e. The normalized spacial score (nSPS) is 16.9. The Morgan fingerprint density at radius 3 is 2.38 bits per heavy atom. The van der Waals surface area contributed by atoms with Crippen molar-refractivity contribution in [1.29, 1.82) is 0 Å². The van der Waals surface area contributed by atoms with Crippen LogP contribution in [0.3, 0.4) is 0 Å². The van der Waals surface area contributed by atoms with E-state index >= 15 is 0 Å². The lowest BCUT2D eigenvalue weighted by atomic mass is 9.95. The van der Waals surface area contributed by atoms with Gasteiger partial charge in [-0.25, -0.2) is 13.4 Å². The molecular weight excluding hydrogens is 646 g/mol. The summed E-state index contributed by atoms with van der Waals surface area (Å²) >= 11 is 9.99. The Morgan fingerprint density at radius 1 is 1.07 bits per heavy atom. The van der Waals surface area contributed by atoms with Gasteiger partial charge in [0.1, 0.15) is 9.97 Å². The van der Waals surface area contributed by atoms with Crippen molar-refractivity contribution in [3.05, 3.63) is 115 Å². The second-order valence-corrected chi connectivity index (χ2v) is 13.0. The minimum atomic E-state index is -4.16. The van der Waals surface area contributed by atoms with Crippen molar-refractivity contribution < 1.29 is 28.0 Å². The molecule has 0 aliphatic carbocycles. The number of nitro groups is 1. The van der Waals surface area contributed by atoms with Gasteiger partial charge < -0.3 is 5.11 Å². The maximum absolute atomic E-state index is 13.4. The maximum Gasteiger partial charge on any atom is 0.301 e. The van der Waals surface area contributed by atoms with Crippen molar-refractivity contribution in [3.63, 3.8) is 0 Å². The summed E-state index contributed by atoms with van der Waals surface area (Å²) in [6.07, 6.45) is 1.05. The molecule has 0 bridgehead atoms. The van der Waals surface area contributed by atoms with Crippen LogP contribution in [-0.4, -0.2) is 35.1 Å². The minimum absolute atomic E-state index is 0.0947. The standard InChI is InChI=1S/C26H15BrClN3O7S2/c27-16-3-1-2-15(12-16)22-21(23(32)14-4-6-17(28)7-5-14)24(33)25(34)30(22)26-29-13-20(39-26)40(37,38)19-10-8-18(9-11-19)31(35)36/h1-13,22,32H/t22-/m1/s1. The third-order valence-electron chi connectivity index (χ3n) is 6.03. The number of nitro benzene ring substituents is 1. The first-order chi connectivity index (χ1) is 19.0. The van der Waals surface area contributed by atoms with E-state index in [0.717, 1.165) is 35.4 Å². The van der Waals surface area contributed by atoms with Crippen LogP contribution >= 0.6 is 38.9 Å². The second kappa shape index (κ2) is 10.6. The van der Waals surface area contributed by atoms with Crippen molar-refractivity contribution in [2.24, 2.45) is 0 Å². The summed E-state index contributed by atoms with van der Waals surface area (Å²) in [5, 5.41) is 22.4. The smallest absolute Gasteiger partial charge is 0.301 e. The molecule has 0 saturated carbocycles. The van der Waals surface area contributed by atoms with Crippen molar-refractivity contribution in [3.8, 4) is 0 Å². The highest BCUT2D eigenvalue weighted by atomic mass is 79.9. The second-order valence-electron chi connectivity index (χ2n) is 8.45. The molecule has 0 spiro atoms. The molecule has 1 atom stereocenters. The molecular formula is C26H15BrClN3O7S2. The zero-order valence-electron chi connectivity index (χ0n) is 19.9. The Bertz CT molecular complexity index is 1820. The molecule has 1 fully saturated rings. The lowest BCUT2D eigenvalue weighted by Crippen LogP contribution is -2.29. The number of anilines is 1. The van der Waals surface area contributed by atoms with Crippen LogP contribution in [0.2, 0.25) is 5.02 Å². The van der Waals surface area contributed by atoms with Crippen LogP contribution in [0.5, 0.6) is 0 Å². The molecule has 1 aromatic heterocycles. The van der Waals surface area contributed by atoms with Gasteiger partial charge in [0.05, 0.1) is 27.6 Å². The summed E-state index contributed by atoms with van der Waals surface area (Å²) < 4.78 is 26.9. The number of carbonyl (C=O) groups is 2. The molecule has 1 aliphatic rings. The van der Waals surface area contributed by atoms with E-state index in [9.17, 15) is 33.2 Å². The van der Waals surface area contributed by atoms with E-state index in [4.69, 9.17) is 11.6 Å². The number of ketones is 1. The van der Waals surface area contributed by atoms with Gasteiger partial charge in [-0.3, -0.25) is 24.6 Å². The predicted molar refractivity (Wildman–Crippen MR) is 151 cm³/mol. The quantitative estimate of drug-likeness (QED) is 0.0880. The Hall–Kier alpha value is -3.91. The molecule has 4 aromatic rings. The number of aromatic nitrogens is 1. The predicted octanol–water partition coefficient (Wildman–Crippen LogP) is 5.93. The first-order valence-corrected chi connectivity index (χ1v) is 14.7. The van der Waals surface area contributed by atoms with E-state index < -0.39 is 38.3 Å². The lowest BCUT2D eigenvalue weighted by Gasteiger charge is -2.23. The molecule has 1 amide bonds. The number of nitrogens with zero attached hydrogens (tertiary/aromatic N) is 3. The van der Waals surface area contributed by atoms with Gasteiger partial charge in [-0.2, -0.15) is 0 Å². The molecule has 2 heterocycles. The number of hydrogen-bond acceptors (Lipinski definition) is 9. The van der Waals surface area contributed by atoms with Crippen molar-refractivity contribution in [2.45, 2.75) is 15.1 Å². The number of rotatable bonds is 6. The molecule has 1 N–H and O–H groups in total. The van der Waals surface area contributed by atoms with E-state index in [-0.39, 0.29) is 31.1 Å². The van der Waals surface area contributed by atoms with E-state index in [1.54, 1.807) is 24.3 Å². The highest BCUT2D eigenvalue weighted by Crippen LogP contribution is 2.44. The number of amides is 1. The van der Waals surface area contributed by atoms with E-state index in [0.29, 0.717) is 26.4 Å². The Balaban J connectivity index is 1.62. The molecule has 1 aliphatic heterocycles. The number of thiazole rings is 1. The molecule has 10 nitrogen and oxygen atoms in total. The van der Waals surface area contributed by atoms with Crippen molar-refractivity contribution >= 4 is 77.0 Å². The average molecular weight is 661 g/mol. The monoisotopic (exact) mass is 659 g/mol. The topological polar surface area (TPSA) is 148 Å². The summed E-state index contributed by atoms with van der Waals surface area (Å²) in [7, 11) is -4.16. The van der Waals surface area contributed by atoms with Crippen molar-refractivity contribution in [2.75, 3.05) is 4.90 Å². The summed E-state index contributed by atoms with van der Waals surface area (Å²) in [5.41, 5.74) is 0.226. The van der Waals surface area contributed by atoms with Gasteiger partial charge in [-0.15, -0.1) is 0 Å². The molecule has 14 heteroatoms. The van der Waals surface area contributed by atoms with Gasteiger partial charge >= 0.3 is 5.91 Å². The van der Waals surface area contributed by atoms with E-state index in [1.165, 1.54) is 24.3 Å². The molecule has 0 unspecified atom stereocenters. The van der Waals surface area contributed by atoms with Crippen LogP contribution in [0.1, 0.15) is 17.2 Å². The molecule has 40 heavy (non-hydrogen) atoms. The summed E-state index contributed by atoms with van der Waals surface area (Å²) in [6, 6.07) is 16.0. The van der Waals surface area contributed by atoms with Gasteiger partial charge in [0, 0.05) is 27.2 Å². The fourth-order valence-corrected chi connectivity index (χ4v) is 7.22. The maximum atomic E-state index is 13.4.